The van der Waals surface area contributed by atoms with Crippen molar-refractivity contribution in [2.24, 2.45) is 0 Å². The van der Waals surface area contributed by atoms with Crippen LogP contribution in [0.25, 0.3) is 6.08 Å². The van der Waals surface area contributed by atoms with Crippen LogP contribution in [0.2, 0.25) is 0 Å². The topological polar surface area (TPSA) is 80.6 Å². The number of rotatable bonds is 9. The molecule has 0 aliphatic rings. The number of halogens is 1. The summed E-state index contributed by atoms with van der Waals surface area (Å²) < 4.78 is 17.6. The van der Waals surface area contributed by atoms with Gasteiger partial charge in [-0.2, -0.15) is 5.26 Å². The van der Waals surface area contributed by atoms with Gasteiger partial charge in [0.15, 0.2) is 11.5 Å². The van der Waals surface area contributed by atoms with Crippen molar-refractivity contribution in [1.82, 2.24) is 0 Å². The minimum atomic E-state index is -0.513. The first-order valence-corrected chi connectivity index (χ1v) is 11.4. The van der Waals surface area contributed by atoms with E-state index in [0.29, 0.717) is 46.2 Å². The zero-order valence-electron chi connectivity index (χ0n) is 19.2. The summed E-state index contributed by atoms with van der Waals surface area (Å²) in [6.07, 6.45) is 1.51. The second-order valence-corrected chi connectivity index (χ2v) is 8.24. The molecule has 0 atom stereocenters. The number of hydrogen-bond donors (Lipinski definition) is 1. The van der Waals surface area contributed by atoms with Crippen LogP contribution in [0.15, 0.2) is 70.7 Å². The number of nitriles is 1. The highest BCUT2D eigenvalue weighted by Gasteiger charge is 2.15. The number of amides is 1. The molecule has 3 aromatic rings. The fourth-order valence-electron chi connectivity index (χ4n) is 3.10. The molecule has 1 N–H and O–H groups in total. The van der Waals surface area contributed by atoms with Crippen LogP contribution >= 0.6 is 15.9 Å². The van der Waals surface area contributed by atoms with E-state index in [9.17, 15) is 10.1 Å². The number of aryl methyl sites for hydroxylation is 1. The van der Waals surface area contributed by atoms with Gasteiger partial charge in [-0.05, 0) is 83.4 Å². The van der Waals surface area contributed by atoms with Crippen molar-refractivity contribution in [2.75, 3.05) is 19.0 Å². The maximum absolute atomic E-state index is 12.6. The second-order valence-electron chi connectivity index (χ2n) is 7.39. The lowest BCUT2D eigenvalue weighted by molar-refractivity contribution is -0.112. The van der Waals surface area contributed by atoms with Crippen LogP contribution in [-0.4, -0.2) is 19.6 Å². The van der Waals surface area contributed by atoms with E-state index in [1.807, 2.05) is 44.2 Å². The Morgan fingerprint density at radius 1 is 1.09 bits per heavy atom. The number of anilines is 1. The van der Waals surface area contributed by atoms with Gasteiger partial charge in [-0.25, -0.2) is 0 Å². The van der Waals surface area contributed by atoms with E-state index in [4.69, 9.17) is 14.2 Å². The lowest BCUT2D eigenvalue weighted by Gasteiger charge is -2.15. The monoisotopic (exact) mass is 520 g/mol. The van der Waals surface area contributed by atoms with E-state index in [2.05, 4.69) is 21.2 Å². The third kappa shape index (κ3) is 6.63. The molecule has 0 saturated heterocycles. The summed E-state index contributed by atoms with van der Waals surface area (Å²) in [4.78, 5) is 12.6. The molecule has 0 saturated carbocycles. The van der Waals surface area contributed by atoms with Crippen molar-refractivity contribution < 1.29 is 19.0 Å². The van der Waals surface area contributed by atoms with Crippen molar-refractivity contribution in [2.45, 2.75) is 20.5 Å². The molecular formula is C27H25BrN2O4. The zero-order valence-corrected chi connectivity index (χ0v) is 20.8. The zero-order chi connectivity index (χ0) is 24.5. The van der Waals surface area contributed by atoms with Gasteiger partial charge < -0.3 is 19.5 Å². The summed E-state index contributed by atoms with van der Waals surface area (Å²) in [6, 6.07) is 20.5. The Kier molecular flexibility index (Phi) is 8.72. The first kappa shape index (κ1) is 24.9. The normalized spacial score (nSPS) is 10.9. The second kappa shape index (κ2) is 11.9. The van der Waals surface area contributed by atoms with Gasteiger partial charge in [-0.15, -0.1) is 0 Å². The average molecular weight is 521 g/mol. The number of methoxy groups -OCH3 is 1. The molecule has 0 aliphatic carbocycles. The van der Waals surface area contributed by atoms with Crippen LogP contribution in [0.4, 0.5) is 5.69 Å². The maximum atomic E-state index is 12.6. The van der Waals surface area contributed by atoms with Crippen molar-refractivity contribution >= 4 is 33.6 Å². The first-order chi connectivity index (χ1) is 16.4. The number of carbonyl (C=O) groups is 1. The highest BCUT2D eigenvalue weighted by Crippen LogP contribution is 2.38. The average Bonchev–Trinajstić information content (AvgIpc) is 2.83. The van der Waals surface area contributed by atoms with Gasteiger partial charge in [0.05, 0.1) is 18.2 Å². The van der Waals surface area contributed by atoms with Crippen LogP contribution in [0.5, 0.6) is 17.2 Å². The van der Waals surface area contributed by atoms with Gasteiger partial charge >= 0.3 is 0 Å². The molecule has 3 aromatic carbocycles. The number of nitrogens with zero attached hydrogens (tertiary/aromatic N) is 1. The molecule has 7 heteroatoms. The lowest BCUT2D eigenvalue weighted by atomic mass is 10.1. The fraction of sp³-hybridized carbons (Fsp3) is 0.185. The quantitative estimate of drug-likeness (QED) is 0.265. The van der Waals surface area contributed by atoms with Crippen LogP contribution < -0.4 is 19.5 Å². The molecule has 3 rings (SSSR count). The number of nitrogens with one attached hydrogen (secondary N) is 1. The Hall–Kier alpha value is -3.76. The fourth-order valence-corrected chi connectivity index (χ4v) is 3.68. The summed E-state index contributed by atoms with van der Waals surface area (Å²) in [7, 11) is 1.57. The Bertz CT molecular complexity index is 1210. The number of hydrogen-bond acceptors (Lipinski definition) is 5. The molecule has 174 valence electrons. The Labute approximate surface area is 207 Å². The first-order valence-electron chi connectivity index (χ1n) is 10.7. The van der Waals surface area contributed by atoms with Crippen molar-refractivity contribution in [1.29, 1.82) is 5.26 Å². The predicted molar refractivity (Wildman–Crippen MR) is 136 cm³/mol. The molecule has 0 fully saturated rings. The van der Waals surface area contributed by atoms with Gasteiger partial charge in [0.25, 0.3) is 5.91 Å². The van der Waals surface area contributed by atoms with Crippen LogP contribution in [0.3, 0.4) is 0 Å². The van der Waals surface area contributed by atoms with Gasteiger partial charge in [-0.3, -0.25) is 4.79 Å². The van der Waals surface area contributed by atoms with Gasteiger partial charge in [-0.1, -0.05) is 29.8 Å². The largest absolute Gasteiger partial charge is 0.497 e. The van der Waals surface area contributed by atoms with Crippen molar-refractivity contribution in [3.63, 3.8) is 0 Å². The summed E-state index contributed by atoms with van der Waals surface area (Å²) in [5.74, 6) is 1.23. The summed E-state index contributed by atoms with van der Waals surface area (Å²) in [5.41, 5.74) is 3.35. The Morgan fingerprint density at radius 2 is 1.79 bits per heavy atom. The highest BCUT2D eigenvalue weighted by atomic mass is 79.9. The maximum Gasteiger partial charge on any atom is 0.266 e. The minimum absolute atomic E-state index is 0.0431. The van der Waals surface area contributed by atoms with E-state index in [1.165, 1.54) is 11.6 Å². The SMILES string of the molecule is CCOc1cc(/C=C(/C#N)C(=O)Nc2ccc(OC)cc2)cc(Br)c1OCc1ccc(C)cc1. The molecule has 6 nitrogen and oxygen atoms in total. The van der Waals surface area contributed by atoms with Crippen LogP contribution in [0.1, 0.15) is 23.6 Å². The molecule has 0 heterocycles. The van der Waals surface area contributed by atoms with Gasteiger partial charge in [0.2, 0.25) is 0 Å². The molecule has 0 aliphatic heterocycles. The van der Waals surface area contributed by atoms with Gasteiger partial charge in [0, 0.05) is 5.69 Å². The Balaban J connectivity index is 1.81. The molecular weight excluding hydrogens is 496 g/mol. The summed E-state index contributed by atoms with van der Waals surface area (Å²) in [6.45, 7) is 4.72. The standard InChI is InChI=1S/C27H25BrN2O4/c1-4-33-25-15-20(14-24(28)26(25)34-17-19-7-5-18(2)6-8-19)13-21(16-29)27(31)30-22-9-11-23(32-3)12-10-22/h5-15H,4,17H2,1-3H3,(H,30,31)/b21-13-. The summed E-state index contributed by atoms with van der Waals surface area (Å²) in [5, 5.41) is 12.3. The third-order valence-corrected chi connectivity index (χ3v) is 5.45. The lowest BCUT2D eigenvalue weighted by Crippen LogP contribution is -2.13. The number of ether oxygens (including phenoxy) is 3. The number of carbonyl (C=O) groups excluding carboxylic acids is 1. The van der Waals surface area contributed by atoms with Crippen molar-refractivity contribution in [3.05, 3.63) is 87.4 Å². The molecule has 0 unspecified atom stereocenters. The molecule has 34 heavy (non-hydrogen) atoms. The highest BCUT2D eigenvalue weighted by molar-refractivity contribution is 9.10. The molecule has 0 spiro atoms. The van der Waals surface area contributed by atoms with E-state index in [0.717, 1.165) is 5.56 Å². The summed E-state index contributed by atoms with van der Waals surface area (Å²) >= 11 is 3.54. The van der Waals surface area contributed by atoms with E-state index < -0.39 is 5.91 Å². The predicted octanol–water partition coefficient (Wildman–Crippen LogP) is 6.29. The molecule has 0 aromatic heterocycles. The Morgan fingerprint density at radius 3 is 2.41 bits per heavy atom. The third-order valence-electron chi connectivity index (χ3n) is 4.86. The molecule has 0 bridgehead atoms. The smallest absolute Gasteiger partial charge is 0.266 e. The van der Waals surface area contributed by atoms with Gasteiger partial charge in [0.1, 0.15) is 24.0 Å². The molecule has 1 amide bonds. The van der Waals surface area contributed by atoms with E-state index >= 15 is 0 Å². The van der Waals surface area contributed by atoms with E-state index in [1.54, 1.807) is 43.5 Å². The minimum Gasteiger partial charge on any atom is -0.497 e. The molecule has 0 radical (unpaired) electrons. The van der Waals surface area contributed by atoms with Crippen LogP contribution in [0, 0.1) is 18.3 Å². The van der Waals surface area contributed by atoms with Crippen molar-refractivity contribution in [3.8, 4) is 23.3 Å². The van der Waals surface area contributed by atoms with E-state index in [-0.39, 0.29) is 5.57 Å². The number of benzene rings is 3. The van der Waals surface area contributed by atoms with Crippen LogP contribution in [-0.2, 0) is 11.4 Å².